The Kier molecular flexibility index (Phi) is 6.65. The van der Waals surface area contributed by atoms with Crippen LogP contribution in [-0.4, -0.2) is 19.8 Å². The molecule has 1 N–H and O–H groups in total. The molecular weight excluding hydrogens is 255 g/mol. The molecule has 1 rings (SSSR count). The average molecular weight is 270 g/mol. The van der Waals surface area contributed by atoms with Crippen molar-refractivity contribution >= 4 is 19.8 Å². The number of hydrogen-bond acceptors (Lipinski definition) is 4. The van der Waals surface area contributed by atoms with Gasteiger partial charge in [0.25, 0.3) is 0 Å². The minimum Gasteiger partial charge on any atom is -0.338 e. The quantitative estimate of drug-likeness (QED) is 0.374. The molecular formula is C11H15N4NaOSi. The Labute approximate surface area is 131 Å². The second-order valence-corrected chi connectivity index (χ2v) is 10.8. The summed E-state index contributed by atoms with van der Waals surface area (Å²) in [4.78, 5) is 15.3. The van der Waals surface area contributed by atoms with Crippen molar-refractivity contribution in [1.29, 1.82) is 10.5 Å². The Morgan fingerprint density at radius 1 is 1.50 bits per heavy atom. The van der Waals surface area contributed by atoms with E-state index in [1.807, 2.05) is 6.07 Å². The number of aliphatic imine (C=N–C) groups is 1. The fourth-order valence-electron chi connectivity index (χ4n) is 1.88. The molecule has 7 heteroatoms. The smallest absolute Gasteiger partial charge is 0.338 e. The molecule has 0 radical (unpaired) electrons. The SMILES string of the molecule is C[Si](C)(C)CC1C[C-](C#N)C(=NC#N)NC1=O.[Na+]. The molecule has 0 aromatic rings. The third-order valence-electron chi connectivity index (χ3n) is 2.50. The number of amides is 1. The first kappa shape index (κ1) is 17.2. The van der Waals surface area contributed by atoms with Gasteiger partial charge in [-0.15, -0.1) is 6.42 Å². The molecule has 1 amide bonds. The predicted molar refractivity (Wildman–Crippen MR) is 66.3 cm³/mol. The topological polar surface area (TPSA) is 89.0 Å². The van der Waals surface area contributed by atoms with Crippen molar-refractivity contribution in [1.82, 2.24) is 5.32 Å². The third-order valence-corrected chi connectivity index (χ3v) is 4.22. The molecule has 5 nitrogen and oxygen atoms in total. The zero-order chi connectivity index (χ0) is 13.1. The maximum absolute atomic E-state index is 11.8. The van der Waals surface area contributed by atoms with Gasteiger partial charge in [-0.1, -0.05) is 25.7 Å². The molecule has 1 aliphatic rings. The van der Waals surface area contributed by atoms with Crippen molar-refractivity contribution in [2.24, 2.45) is 10.9 Å². The van der Waals surface area contributed by atoms with Gasteiger partial charge in [-0.25, -0.2) is 11.2 Å². The van der Waals surface area contributed by atoms with Crippen molar-refractivity contribution in [3.8, 4) is 12.3 Å². The van der Waals surface area contributed by atoms with Gasteiger partial charge in [0, 0.05) is 14.0 Å². The maximum Gasteiger partial charge on any atom is 1.00 e. The Morgan fingerprint density at radius 2 is 2.11 bits per heavy atom. The molecule has 0 aromatic carbocycles. The summed E-state index contributed by atoms with van der Waals surface area (Å²) < 4.78 is 0. The van der Waals surface area contributed by atoms with Gasteiger partial charge in [0.1, 0.15) is 0 Å². The number of piperidine rings is 1. The van der Waals surface area contributed by atoms with E-state index in [0.29, 0.717) is 12.3 Å². The molecule has 0 spiro atoms. The molecule has 0 aliphatic carbocycles. The second-order valence-electron chi connectivity index (χ2n) is 5.31. The van der Waals surface area contributed by atoms with Gasteiger partial charge < -0.3 is 5.32 Å². The van der Waals surface area contributed by atoms with Gasteiger partial charge in [-0.05, 0) is 11.9 Å². The summed E-state index contributed by atoms with van der Waals surface area (Å²) in [7, 11) is -1.36. The molecule has 1 heterocycles. The Morgan fingerprint density at radius 3 is 2.56 bits per heavy atom. The largest absolute Gasteiger partial charge is 1.00 e. The van der Waals surface area contributed by atoms with Crippen LogP contribution in [0.4, 0.5) is 0 Å². The minimum absolute atomic E-state index is 0. The number of nitrogens with one attached hydrogen (secondary N) is 1. The number of nitriles is 2. The number of amidine groups is 1. The van der Waals surface area contributed by atoms with Gasteiger partial charge >= 0.3 is 29.6 Å². The fraction of sp³-hybridized carbons (Fsp3) is 0.545. The minimum atomic E-state index is -1.36. The molecule has 0 aromatic heterocycles. The zero-order valence-corrected chi connectivity index (χ0v) is 14.2. The van der Waals surface area contributed by atoms with Crippen LogP contribution in [0.2, 0.25) is 25.7 Å². The number of carbonyl (C=O) groups is 1. The number of nitrogens with zero attached hydrogens (tertiary/aromatic N) is 3. The number of rotatable bonds is 2. The second kappa shape index (κ2) is 6.96. The normalized spacial score (nSPS) is 21.6. The van der Waals surface area contributed by atoms with Crippen LogP contribution in [0.1, 0.15) is 6.42 Å². The van der Waals surface area contributed by atoms with E-state index in [4.69, 9.17) is 10.5 Å². The first-order valence-corrected chi connectivity index (χ1v) is 9.12. The van der Waals surface area contributed by atoms with E-state index >= 15 is 0 Å². The molecule has 1 saturated heterocycles. The summed E-state index contributed by atoms with van der Waals surface area (Å²) in [5.74, 6) is 0.232. The monoisotopic (exact) mass is 270 g/mol. The van der Waals surface area contributed by atoms with Crippen LogP contribution in [0.15, 0.2) is 4.99 Å². The molecule has 1 fully saturated rings. The molecule has 0 bridgehead atoms. The zero-order valence-electron chi connectivity index (χ0n) is 11.2. The summed E-state index contributed by atoms with van der Waals surface area (Å²) in [6.07, 6.45) is 1.99. The van der Waals surface area contributed by atoms with E-state index in [1.165, 1.54) is 0 Å². The summed E-state index contributed by atoms with van der Waals surface area (Å²) in [5.41, 5.74) is 0. The predicted octanol–water partition coefficient (Wildman–Crippen LogP) is -1.56. The van der Waals surface area contributed by atoms with Crippen molar-refractivity contribution in [2.45, 2.75) is 32.1 Å². The van der Waals surface area contributed by atoms with E-state index in [-0.39, 0.29) is 47.2 Å². The summed E-state index contributed by atoms with van der Waals surface area (Å²) >= 11 is 0. The number of carbonyl (C=O) groups excluding carboxylic acids is 1. The van der Waals surface area contributed by atoms with Gasteiger partial charge in [0.15, 0.2) is 0 Å². The van der Waals surface area contributed by atoms with Crippen LogP contribution in [0.25, 0.3) is 0 Å². The summed E-state index contributed by atoms with van der Waals surface area (Å²) in [6, 6.07) is 2.85. The molecule has 0 saturated carbocycles. The van der Waals surface area contributed by atoms with Crippen LogP contribution >= 0.6 is 0 Å². The van der Waals surface area contributed by atoms with Gasteiger partial charge in [-0.3, -0.25) is 4.79 Å². The summed E-state index contributed by atoms with van der Waals surface area (Å²) in [6.45, 7) is 6.56. The Balaban J connectivity index is 0.00000289. The molecule has 1 aliphatic heterocycles. The van der Waals surface area contributed by atoms with Crippen molar-refractivity contribution in [3.63, 3.8) is 0 Å². The van der Waals surface area contributed by atoms with Crippen molar-refractivity contribution < 1.29 is 34.4 Å². The van der Waals surface area contributed by atoms with Gasteiger partial charge in [0.2, 0.25) is 12.1 Å². The fourth-order valence-corrected chi connectivity index (χ4v) is 3.69. The Bertz CT molecular complexity index is 430. The van der Waals surface area contributed by atoms with Crippen LogP contribution < -0.4 is 34.9 Å². The third kappa shape index (κ3) is 4.83. The summed E-state index contributed by atoms with van der Waals surface area (Å²) in [5, 5.41) is 20.0. The standard InChI is InChI=1S/C11H15N4OSi.Na/c1-17(2,3)6-9-4-8(5-12)10(14-7-13)15-11(9)16;/h9H,4,6H2,1-3H3,(H,14,15,16);/q-1;+1. The van der Waals surface area contributed by atoms with Gasteiger partial charge in [-0.2, -0.15) is 10.3 Å². The van der Waals surface area contributed by atoms with E-state index in [0.717, 1.165) is 6.04 Å². The van der Waals surface area contributed by atoms with E-state index in [1.54, 1.807) is 6.19 Å². The van der Waals surface area contributed by atoms with Crippen LogP contribution in [0, 0.1) is 34.6 Å². The van der Waals surface area contributed by atoms with Crippen molar-refractivity contribution in [3.05, 3.63) is 5.92 Å². The maximum atomic E-state index is 11.8. The van der Waals surface area contributed by atoms with E-state index in [9.17, 15) is 4.79 Å². The first-order chi connectivity index (χ1) is 7.87. The number of hydrogen-bond donors (Lipinski definition) is 1. The van der Waals surface area contributed by atoms with E-state index < -0.39 is 8.07 Å². The van der Waals surface area contributed by atoms with Gasteiger partial charge in [0.05, 0.1) is 0 Å². The van der Waals surface area contributed by atoms with Crippen LogP contribution in [0.3, 0.4) is 0 Å². The molecule has 1 atom stereocenters. The van der Waals surface area contributed by atoms with Crippen LogP contribution in [0.5, 0.6) is 0 Å². The van der Waals surface area contributed by atoms with Crippen LogP contribution in [-0.2, 0) is 4.79 Å². The average Bonchev–Trinajstić information content (AvgIpc) is 2.20. The van der Waals surface area contributed by atoms with Crippen molar-refractivity contribution in [2.75, 3.05) is 0 Å². The first-order valence-electron chi connectivity index (χ1n) is 5.41. The molecule has 18 heavy (non-hydrogen) atoms. The van der Waals surface area contributed by atoms with E-state index in [2.05, 4.69) is 30.0 Å². The Hall–Kier alpha value is -0.793. The molecule has 1 unspecified atom stereocenters. The molecule has 90 valence electrons.